The molecular weight excluding hydrogens is 248 g/mol. The van der Waals surface area contributed by atoms with Crippen LogP contribution >= 0.6 is 0 Å². The zero-order valence-electron chi connectivity index (χ0n) is 10.6. The van der Waals surface area contributed by atoms with Gasteiger partial charge in [0.1, 0.15) is 11.5 Å². The maximum absolute atomic E-state index is 13.3. The molecule has 5 heteroatoms. The topological polar surface area (TPSA) is 28.0 Å². The first-order valence-electron chi connectivity index (χ1n) is 5.70. The first kappa shape index (κ1) is 13.1. The molecule has 3 nitrogen and oxygen atoms in total. The summed E-state index contributed by atoms with van der Waals surface area (Å²) in [6.45, 7) is 0. The Morgan fingerprint density at radius 2 is 1.58 bits per heavy atom. The molecule has 0 bridgehead atoms. The SMILES string of the molecule is CN(C)c1ccc(N=Nc2cc(F)ccc2F)cc1. The molecule has 0 unspecified atom stereocenters. The van der Waals surface area contributed by atoms with Crippen molar-refractivity contribution in [1.82, 2.24) is 0 Å². The summed E-state index contributed by atoms with van der Waals surface area (Å²) in [7, 11) is 3.86. The van der Waals surface area contributed by atoms with Crippen LogP contribution in [0.2, 0.25) is 0 Å². The van der Waals surface area contributed by atoms with Crippen LogP contribution < -0.4 is 4.90 Å². The summed E-state index contributed by atoms with van der Waals surface area (Å²) in [5, 5.41) is 7.59. The van der Waals surface area contributed by atoms with Gasteiger partial charge >= 0.3 is 0 Å². The van der Waals surface area contributed by atoms with E-state index >= 15 is 0 Å². The molecule has 0 fully saturated rings. The zero-order valence-corrected chi connectivity index (χ0v) is 10.6. The predicted molar refractivity (Wildman–Crippen MR) is 71.3 cm³/mol. The Morgan fingerprint density at radius 1 is 0.895 bits per heavy atom. The van der Waals surface area contributed by atoms with Crippen molar-refractivity contribution >= 4 is 17.1 Å². The van der Waals surface area contributed by atoms with Gasteiger partial charge in [-0.05, 0) is 36.4 Å². The number of hydrogen-bond donors (Lipinski definition) is 0. The fourth-order valence-electron chi connectivity index (χ4n) is 1.49. The second-order valence-corrected chi connectivity index (χ2v) is 4.21. The maximum Gasteiger partial charge on any atom is 0.150 e. The highest BCUT2D eigenvalue weighted by Crippen LogP contribution is 2.23. The van der Waals surface area contributed by atoms with Gasteiger partial charge in [-0.1, -0.05) is 0 Å². The van der Waals surface area contributed by atoms with Crippen LogP contribution in [0.15, 0.2) is 52.7 Å². The number of anilines is 1. The Hall–Kier alpha value is -2.30. The fourth-order valence-corrected chi connectivity index (χ4v) is 1.49. The summed E-state index contributed by atoms with van der Waals surface area (Å²) in [5.41, 5.74) is 1.49. The van der Waals surface area contributed by atoms with Gasteiger partial charge in [0.2, 0.25) is 0 Å². The molecule has 0 atom stereocenters. The molecule has 0 N–H and O–H groups in total. The molecule has 0 radical (unpaired) electrons. The van der Waals surface area contributed by atoms with Gasteiger partial charge < -0.3 is 4.90 Å². The lowest BCUT2D eigenvalue weighted by Gasteiger charge is -2.11. The van der Waals surface area contributed by atoms with Crippen LogP contribution in [0.25, 0.3) is 0 Å². The van der Waals surface area contributed by atoms with E-state index in [0.29, 0.717) is 5.69 Å². The summed E-state index contributed by atoms with van der Waals surface area (Å²) in [6.07, 6.45) is 0. The van der Waals surface area contributed by atoms with E-state index in [1.807, 2.05) is 31.1 Å². The molecule has 2 aromatic carbocycles. The summed E-state index contributed by atoms with van der Waals surface area (Å²) in [4.78, 5) is 1.95. The minimum Gasteiger partial charge on any atom is -0.378 e. The van der Waals surface area contributed by atoms with E-state index in [1.165, 1.54) is 0 Å². The van der Waals surface area contributed by atoms with Gasteiger partial charge in [0.05, 0.1) is 5.69 Å². The molecule has 0 saturated carbocycles. The van der Waals surface area contributed by atoms with E-state index in [4.69, 9.17) is 0 Å². The van der Waals surface area contributed by atoms with E-state index in [-0.39, 0.29) is 5.69 Å². The lowest BCUT2D eigenvalue weighted by molar-refractivity contribution is 0.601. The second kappa shape index (κ2) is 5.56. The summed E-state index contributed by atoms with van der Waals surface area (Å²) in [6, 6.07) is 10.3. The second-order valence-electron chi connectivity index (χ2n) is 4.21. The zero-order chi connectivity index (χ0) is 13.8. The Kier molecular flexibility index (Phi) is 3.85. The minimum absolute atomic E-state index is 0.114. The highest BCUT2D eigenvalue weighted by Gasteiger charge is 2.02. The third kappa shape index (κ3) is 3.34. The molecule has 0 aliphatic heterocycles. The van der Waals surface area contributed by atoms with Gasteiger partial charge in [0.25, 0.3) is 0 Å². The molecule has 2 aromatic rings. The Morgan fingerprint density at radius 3 is 2.21 bits per heavy atom. The first-order valence-corrected chi connectivity index (χ1v) is 5.70. The Labute approximate surface area is 110 Å². The number of azo groups is 1. The van der Waals surface area contributed by atoms with Crippen molar-refractivity contribution in [3.8, 4) is 0 Å². The number of benzene rings is 2. The lowest BCUT2D eigenvalue weighted by Crippen LogP contribution is -2.07. The normalized spacial score (nSPS) is 10.9. The molecule has 0 aromatic heterocycles. The van der Waals surface area contributed by atoms with Crippen LogP contribution in [0.1, 0.15) is 0 Å². The predicted octanol–water partition coefficient (Wildman–Crippen LogP) is 4.45. The number of rotatable bonds is 3. The number of hydrogen-bond acceptors (Lipinski definition) is 3. The van der Waals surface area contributed by atoms with Crippen LogP contribution in [-0.4, -0.2) is 14.1 Å². The third-order valence-electron chi connectivity index (χ3n) is 2.55. The first-order chi connectivity index (χ1) is 9.06. The van der Waals surface area contributed by atoms with Crippen molar-refractivity contribution < 1.29 is 8.78 Å². The van der Waals surface area contributed by atoms with Gasteiger partial charge in [-0.3, -0.25) is 0 Å². The third-order valence-corrected chi connectivity index (χ3v) is 2.55. The highest BCUT2D eigenvalue weighted by molar-refractivity contribution is 5.52. The molecule has 0 heterocycles. The van der Waals surface area contributed by atoms with Crippen molar-refractivity contribution in [3.05, 3.63) is 54.1 Å². The van der Waals surface area contributed by atoms with Crippen LogP contribution in [-0.2, 0) is 0 Å². The smallest absolute Gasteiger partial charge is 0.150 e. The lowest BCUT2D eigenvalue weighted by atomic mass is 10.3. The Balaban J connectivity index is 2.20. The van der Waals surface area contributed by atoms with E-state index < -0.39 is 11.6 Å². The van der Waals surface area contributed by atoms with Crippen LogP contribution in [0.5, 0.6) is 0 Å². The van der Waals surface area contributed by atoms with Gasteiger partial charge in [-0.15, -0.1) is 5.11 Å². The van der Waals surface area contributed by atoms with Gasteiger partial charge in [0, 0.05) is 25.8 Å². The number of nitrogens with zero attached hydrogens (tertiary/aromatic N) is 3. The number of halogens is 2. The molecule has 0 aliphatic carbocycles. The average Bonchev–Trinajstić information content (AvgIpc) is 2.40. The monoisotopic (exact) mass is 261 g/mol. The van der Waals surface area contributed by atoms with Gasteiger partial charge in [0.15, 0.2) is 5.82 Å². The molecular formula is C14H13F2N3. The van der Waals surface area contributed by atoms with Crippen LogP contribution in [0, 0.1) is 11.6 Å². The van der Waals surface area contributed by atoms with Crippen molar-refractivity contribution in [1.29, 1.82) is 0 Å². The fraction of sp³-hybridized carbons (Fsp3) is 0.143. The van der Waals surface area contributed by atoms with E-state index in [1.54, 1.807) is 12.1 Å². The van der Waals surface area contributed by atoms with Gasteiger partial charge in [-0.25, -0.2) is 8.78 Å². The quantitative estimate of drug-likeness (QED) is 0.750. The van der Waals surface area contributed by atoms with Crippen LogP contribution in [0.4, 0.5) is 25.8 Å². The van der Waals surface area contributed by atoms with Gasteiger partial charge in [-0.2, -0.15) is 5.11 Å². The maximum atomic E-state index is 13.3. The van der Waals surface area contributed by atoms with Crippen molar-refractivity contribution in [2.75, 3.05) is 19.0 Å². The van der Waals surface area contributed by atoms with Crippen molar-refractivity contribution in [2.45, 2.75) is 0 Å². The standard InChI is InChI=1S/C14H13F2N3/c1-19(2)12-6-4-11(5-7-12)17-18-14-9-10(15)3-8-13(14)16/h3-9H,1-2H3. The largest absolute Gasteiger partial charge is 0.378 e. The summed E-state index contributed by atoms with van der Waals surface area (Å²) < 4.78 is 26.3. The molecule has 0 amide bonds. The Bertz CT molecular complexity index is 592. The van der Waals surface area contributed by atoms with Crippen molar-refractivity contribution in [3.63, 3.8) is 0 Å². The van der Waals surface area contributed by atoms with E-state index in [9.17, 15) is 8.78 Å². The highest BCUT2D eigenvalue weighted by atomic mass is 19.1. The van der Waals surface area contributed by atoms with E-state index in [0.717, 1.165) is 23.9 Å². The molecule has 98 valence electrons. The van der Waals surface area contributed by atoms with Crippen LogP contribution in [0.3, 0.4) is 0 Å². The van der Waals surface area contributed by atoms with Crippen molar-refractivity contribution in [2.24, 2.45) is 10.2 Å². The molecule has 0 aliphatic rings. The average molecular weight is 261 g/mol. The minimum atomic E-state index is -0.602. The molecule has 2 rings (SSSR count). The molecule has 19 heavy (non-hydrogen) atoms. The summed E-state index contributed by atoms with van der Waals surface area (Å²) in [5.74, 6) is -1.15. The summed E-state index contributed by atoms with van der Waals surface area (Å²) >= 11 is 0. The van der Waals surface area contributed by atoms with E-state index in [2.05, 4.69) is 10.2 Å². The molecule has 0 spiro atoms. The molecule has 0 saturated heterocycles.